The summed E-state index contributed by atoms with van der Waals surface area (Å²) < 4.78 is 0.803. The number of nitrogens with two attached hydrogens (primary N) is 1. The second-order valence-electron chi connectivity index (χ2n) is 3.82. The minimum atomic E-state index is -0.0919. The van der Waals surface area contributed by atoms with Gasteiger partial charge in [0.25, 0.3) is 5.91 Å². The summed E-state index contributed by atoms with van der Waals surface area (Å²) in [6, 6.07) is 9.28. The number of anilines is 1. The minimum Gasteiger partial charge on any atom is -0.398 e. The van der Waals surface area contributed by atoms with Crippen LogP contribution >= 0.6 is 27.3 Å². The van der Waals surface area contributed by atoms with Crippen LogP contribution < -0.4 is 11.1 Å². The molecular weight excluding hydrogens is 312 g/mol. The summed E-state index contributed by atoms with van der Waals surface area (Å²) >= 11 is 5.00. The summed E-state index contributed by atoms with van der Waals surface area (Å²) in [6.45, 7) is 0.634. The average Bonchev–Trinajstić information content (AvgIpc) is 2.85. The molecule has 0 aliphatic carbocycles. The van der Waals surface area contributed by atoms with Crippen LogP contribution in [0.2, 0.25) is 0 Å². The summed E-state index contributed by atoms with van der Waals surface area (Å²) in [5.41, 5.74) is 6.89. The van der Waals surface area contributed by atoms with Gasteiger partial charge in [0.1, 0.15) is 0 Å². The smallest absolute Gasteiger partial charge is 0.251 e. The van der Waals surface area contributed by atoms with E-state index in [9.17, 15) is 4.79 Å². The van der Waals surface area contributed by atoms with Gasteiger partial charge in [0.05, 0.1) is 0 Å². The van der Waals surface area contributed by atoms with Crippen molar-refractivity contribution >= 4 is 38.9 Å². The number of nitrogen functional groups attached to an aromatic ring is 1. The number of halogens is 1. The molecule has 0 unspecified atom stereocenters. The van der Waals surface area contributed by atoms with Crippen LogP contribution in [0.4, 0.5) is 5.69 Å². The lowest BCUT2D eigenvalue weighted by molar-refractivity contribution is 0.0954. The van der Waals surface area contributed by atoms with E-state index in [0.29, 0.717) is 17.8 Å². The van der Waals surface area contributed by atoms with Gasteiger partial charge in [0, 0.05) is 27.1 Å². The highest BCUT2D eigenvalue weighted by Crippen LogP contribution is 2.20. The molecule has 0 saturated heterocycles. The van der Waals surface area contributed by atoms with Gasteiger partial charge >= 0.3 is 0 Å². The highest BCUT2D eigenvalue weighted by Gasteiger charge is 2.06. The summed E-state index contributed by atoms with van der Waals surface area (Å²) in [5, 5.41) is 4.92. The van der Waals surface area contributed by atoms with Crippen LogP contribution in [0.25, 0.3) is 0 Å². The van der Waals surface area contributed by atoms with Crippen LogP contribution in [-0.4, -0.2) is 12.5 Å². The Morgan fingerprint density at radius 2 is 2.22 bits per heavy atom. The van der Waals surface area contributed by atoms with Gasteiger partial charge in [-0.3, -0.25) is 4.79 Å². The number of benzene rings is 1. The molecule has 2 aromatic rings. The summed E-state index contributed by atoms with van der Waals surface area (Å²) in [4.78, 5) is 13.1. The molecule has 0 fully saturated rings. The molecule has 1 aromatic carbocycles. The van der Waals surface area contributed by atoms with Gasteiger partial charge in [-0.05, 0) is 52.0 Å². The standard InChI is InChI=1S/C13H13BrN2OS/c14-11-4-3-9(8-12(11)15)13(17)16-6-5-10-2-1-7-18-10/h1-4,7-8H,5-6,15H2,(H,16,17). The number of carbonyl (C=O) groups is 1. The molecule has 3 nitrogen and oxygen atoms in total. The fraction of sp³-hybridized carbons (Fsp3) is 0.154. The normalized spacial score (nSPS) is 10.3. The lowest BCUT2D eigenvalue weighted by Crippen LogP contribution is -2.25. The average molecular weight is 325 g/mol. The zero-order chi connectivity index (χ0) is 13.0. The van der Waals surface area contributed by atoms with Gasteiger partial charge in [-0.15, -0.1) is 11.3 Å². The number of thiophene rings is 1. The summed E-state index contributed by atoms with van der Waals surface area (Å²) in [5.74, 6) is -0.0919. The summed E-state index contributed by atoms with van der Waals surface area (Å²) in [7, 11) is 0. The summed E-state index contributed by atoms with van der Waals surface area (Å²) in [6.07, 6.45) is 0.857. The molecular formula is C13H13BrN2OS. The highest BCUT2D eigenvalue weighted by molar-refractivity contribution is 9.10. The molecule has 0 aliphatic heterocycles. The first-order chi connectivity index (χ1) is 8.66. The minimum absolute atomic E-state index is 0.0919. The van der Waals surface area contributed by atoms with Gasteiger partial charge in [-0.25, -0.2) is 0 Å². The van der Waals surface area contributed by atoms with Crippen LogP contribution in [0.3, 0.4) is 0 Å². The predicted octanol–water partition coefficient (Wildman–Crippen LogP) is 3.07. The maximum Gasteiger partial charge on any atom is 0.251 e. The lowest BCUT2D eigenvalue weighted by atomic mass is 10.2. The molecule has 1 aromatic heterocycles. The zero-order valence-corrected chi connectivity index (χ0v) is 12.1. The molecule has 1 amide bonds. The molecule has 3 N–H and O–H groups in total. The third kappa shape index (κ3) is 3.34. The Kier molecular flexibility index (Phi) is 4.38. The van der Waals surface area contributed by atoms with Crippen molar-refractivity contribution in [2.75, 3.05) is 12.3 Å². The molecule has 0 spiro atoms. The third-order valence-electron chi connectivity index (χ3n) is 2.50. The highest BCUT2D eigenvalue weighted by atomic mass is 79.9. The Morgan fingerprint density at radius 3 is 2.89 bits per heavy atom. The van der Waals surface area contributed by atoms with Crippen molar-refractivity contribution in [1.82, 2.24) is 5.32 Å². The molecule has 0 aliphatic rings. The third-order valence-corrected chi connectivity index (χ3v) is 4.15. The van der Waals surface area contributed by atoms with E-state index >= 15 is 0 Å². The van der Waals surface area contributed by atoms with Gasteiger partial charge < -0.3 is 11.1 Å². The zero-order valence-electron chi connectivity index (χ0n) is 9.65. The molecule has 0 bridgehead atoms. The quantitative estimate of drug-likeness (QED) is 0.849. The molecule has 0 radical (unpaired) electrons. The van der Waals surface area contributed by atoms with Crippen molar-refractivity contribution < 1.29 is 4.79 Å². The topological polar surface area (TPSA) is 55.1 Å². The van der Waals surface area contributed by atoms with Gasteiger partial charge in [-0.2, -0.15) is 0 Å². The van der Waals surface area contributed by atoms with Gasteiger partial charge in [0.15, 0.2) is 0 Å². The molecule has 5 heteroatoms. The van der Waals surface area contributed by atoms with Crippen LogP contribution in [-0.2, 0) is 6.42 Å². The van der Waals surface area contributed by atoms with Gasteiger partial charge in [-0.1, -0.05) is 6.07 Å². The fourth-order valence-corrected chi connectivity index (χ4v) is 2.50. The van der Waals surface area contributed by atoms with E-state index in [-0.39, 0.29) is 5.91 Å². The van der Waals surface area contributed by atoms with Gasteiger partial charge in [0.2, 0.25) is 0 Å². The number of rotatable bonds is 4. The van der Waals surface area contributed by atoms with Crippen molar-refractivity contribution in [3.05, 3.63) is 50.6 Å². The fourth-order valence-electron chi connectivity index (χ4n) is 1.54. The molecule has 18 heavy (non-hydrogen) atoms. The first kappa shape index (κ1) is 13.1. The Balaban J connectivity index is 1.89. The van der Waals surface area contributed by atoms with Crippen molar-refractivity contribution in [3.8, 4) is 0 Å². The van der Waals surface area contributed by atoms with Crippen molar-refractivity contribution in [2.45, 2.75) is 6.42 Å². The Labute approximate surface area is 118 Å². The maximum atomic E-state index is 11.9. The first-order valence-electron chi connectivity index (χ1n) is 5.52. The Morgan fingerprint density at radius 1 is 1.39 bits per heavy atom. The lowest BCUT2D eigenvalue weighted by Gasteiger charge is -2.06. The maximum absolute atomic E-state index is 11.9. The van der Waals surface area contributed by atoms with Crippen LogP contribution in [0.1, 0.15) is 15.2 Å². The Bertz CT molecular complexity index is 540. The van der Waals surface area contributed by atoms with E-state index < -0.39 is 0 Å². The van der Waals surface area contributed by atoms with E-state index in [1.165, 1.54) is 4.88 Å². The second-order valence-corrected chi connectivity index (χ2v) is 5.71. The molecule has 2 rings (SSSR count). The number of amides is 1. The monoisotopic (exact) mass is 324 g/mol. The van der Waals surface area contributed by atoms with Crippen molar-refractivity contribution in [2.24, 2.45) is 0 Å². The predicted molar refractivity (Wildman–Crippen MR) is 78.9 cm³/mol. The van der Waals surface area contributed by atoms with Crippen LogP contribution in [0.5, 0.6) is 0 Å². The SMILES string of the molecule is Nc1cc(C(=O)NCCc2cccs2)ccc1Br. The van der Waals surface area contributed by atoms with Crippen LogP contribution in [0.15, 0.2) is 40.2 Å². The number of hydrogen-bond acceptors (Lipinski definition) is 3. The molecule has 0 saturated carbocycles. The van der Waals surface area contributed by atoms with E-state index in [4.69, 9.17) is 5.73 Å². The van der Waals surface area contributed by atoms with Crippen molar-refractivity contribution in [1.29, 1.82) is 0 Å². The molecule has 94 valence electrons. The molecule has 1 heterocycles. The van der Waals surface area contributed by atoms with E-state index in [1.54, 1.807) is 29.5 Å². The van der Waals surface area contributed by atoms with E-state index in [0.717, 1.165) is 10.9 Å². The Hall–Kier alpha value is -1.33. The largest absolute Gasteiger partial charge is 0.398 e. The van der Waals surface area contributed by atoms with E-state index in [1.807, 2.05) is 11.4 Å². The molecule has 0 atom stereocenters. The number of nitrogens with one attached hydrogen (secondary N) is 1. The first-order valence-corrected chi connectivity index (χ1v) is 7.19. The van der Waals surface area contributed by atoms with E-state index in [2.05, 4.69) is 27.3 Å². The second kappa shape index (κ2) is 6.02. The van der Waals surface area contributed by atoms with Crippen LogP contribution in [0, 0.1) is 0 Å². The number of hydrogen-bond donors (Lipinski definition) is 2. The number of carbonyl (C=O) groups excluding carboxylic acids is 1. The van der Waals surface area contributed by atoms with Crippen molar-refractivity contribution in [3.63, 3.8) is 0 Å².